The summed E-state index contributed by atoms with van der Waals surface area (Å²) in [5.41, 5.74) is 0.386. The van der Waals surface area contributed by atoms with Crippen molar-refractivity contribution in [2.75, 3.05) is 46.0 Å². The molecule has 4 heteroatoms. The van der Waals surface area contributed by atoms with E-state index in [0.717, 1.165) is 46.0 Å². The molecule has 1 spiro atoms. The second-order valence-corrected chi connectivity index (χ2v) is 6.72. The van der Waals surface area contributed by atoms with Gasteiger partial charge in [0.1, 0.15) is 5.60 Å². The van der Waals surface area contributed by atoms with E-state index in [4.69, 9.17) is 9.47 Å². The van der Waals surface area contributed by atoms with Gasteiger partial charge in [0.05, 0.1) is 25.9 Å². The SMILES string of the molecule is CC(C)(C)N1CC2(CN(C3COC3)CCO2)C1. The first-order valence-electron chi connectivity index (χ1n) is 6.69. The van der Waals surface area contributed by atoms with E-state index < -0.39 is 0 Å². The lowest BCUT2D eigenvalue weighted by Crippen LogP contribution is -2.74. The van der Waals surface area contributed by atoms with Crippen LogP contribution in [0.4, 0.5) is 0 Å². The summed E-state index contributed by atoms with van der Waals surface area (Å²) in [4.78, 5) is 5.07. The average molecular weight is 240 g/mol. The van der Waals surface area contributed by atoms with Crippen molar-refractivity contribution in [3.05, 3.63) is 0 Å². The highest BCUT2D eigenvalue weighted by Gasteiger charge is 2.51. The van der Waals surface area contributed by atoms with E-state index in [-0.39, 0.29) is 11.1 Å². The van der Waals surface area contributed by atoms with Crippen LogP contribution in [0.5, 0.6) is 0 Å². The smallest absolute Gasteiger partial charge is 0.106 e. The normalized spacial score (nSPS) is 31.2. The molecule has 0 unspecified atom stereocenters. The molecule has 3 heterocycles. The fraction of sp³-hybridized carbons (Fsp3) is 1.00. The molecule has 0 aliphatic carbocycles. The van der Waals surface area contributed by atoms with Crippen LogP contribution in [0.25, 0.3) is 0 Å². The van der Waals surface area contributed by atoms with Gasteiger partial charge in [0, 0.05) is 31.7 Å². The van der Waals surface area contributed by atoms with Crippen molar-refractivity contribution in [2.24, 2.45) is 0 Å². The lowest BCUT2D eigenvalue weighted by molar-refractivity contribution is -0.219. The second-order valence-electron chi connectivity index (χ2n) is 6.72. The number of hydrogen-bond acceptors (Lipinski definition) is 4. The molecule has 3 rings (SSSR count). The maximum Gasteiger partial charge on any atom is 0.106 e. The third-order valence-electron chi connectivity index (χ3n) is 4.32. The monoisotopic (exact) mass is 240 g/mol. The zero-order valence-electron chi connectivity index (χ0n) is 11.2. The lowest BCUT2D eigenvalue weighted by atomic mass is 9.86. The van der Waals surface area contributed by atoms with Crippen LogP contribution in [-0.4, -0.2) is 73.0 Å². The van der Waals surface area contributed by atoms with Crippen molar-refractivity contribution >= 4 is 0 Å². The summed E-state index contributed by atoms with van der Waals surface area (Å²) in [5.74, 6) is 0. The maximum atomic E-state index is 6.05. The molecule has 4 nitrogen and oxygen atoms in total. The van der Waals surface area contributed by atoms with Gasteiger partial charge in [-0.25, -0.2) is 0 Å². The summed E-state index contributed by atoms with van der Waals surface area (Å²) in [6.07, 6.45) is 0. The van der Waals surface area contributed by atoms with E-state index in [0.29, 0.717) is 6.04 Å². The highest BCUT2D eigenvalue weighted by atomic mass is 16.5. The van der Waals surface area contributed by atoms with Crippen molar-refractivity contribution in [1.29, 1.82) is 0 Å². The van der Waals surface area contributed by atoms with Crippen LogP contribution in [0.15, 0.2) is 0 Å². The van der Waals surface area contributed by atoms with Crippen LogP contribution in [0.3, 0.4) is 0 Å². The van der Waals surface area contributed by atoms with Crippen molar-refractivity contribution in [1.82, 2.24) is 9.80 Å². The van der Waals surface area contributed by atoms with Crippen molar-refractivity contribution < 1.29 is 9.47 Å². The van der Waals surface area contributed by atoms with Crippen LogP contribution in [0.1, 0.15) is 20.8 Å². The highest BCUT2D eigenvalue weighted by Crippen LogP contribution is 2.35. The Bertz CT molecular complexity index is 290. The molecule has 3 saturated heterocycles. The summed E-state index contributed by atoms with van der Waals surface area (Å²) >= 11 is 0. The van der Waals surface area contributed by atoms with E-state index in [1.54, 1.807) is 0 Å². The minimum absolute atomic E-state index is 0.112. The summed E-state index contributed by atoms with van der Waals surface area (Å²) in [6, 6.07) is 0.652. The van der Waals surface area contributed by atoms with E-state index >= 15 is 0 Å². The first-order chi connectivity index (χ1) is 7.99. The Kier molecular flexibility index (Phi) is 2.74. The molecule has 0 aromatic carbocycles. The first-order valence-corrected chi connectivity index (χ1v) is 6.69. The number of morpholine rings is 1. The van der Waals surface area contributed by atoms with Crippen LogP contribution in [0.2, 0.25) is 0 Å². The number of likely N-dealkylation sites (tertiary alicyclic amines) is 1. The van der Waals surface area contributed by atoms with Gasteiger partial charge in [-0.2, -0.15) is 0 Å². The molecular weight excluding hydrogens is 216 g/mol. The number of rotatable bonds is 1. The molecule has 0 aromatic heterocycles. The van der Waals surface area contributed by atoms with Crippen molar-refractivity contribution in [3.63, 3.8) is 0 Å². The van der Waals surface area contributed by atoms with E-state index in [1.165, 1.54) is 0 Å². The topological polar surface area (TPSA) is 24.9 Å². The van der Waals surface area contributed by atoms with Crippen molar-refractivity contribution in [2.45, 2.75) is 38.0 Å². The quantitative estimate of drug-likeness (QED) is 0.669. The van der Waals surface area contributed by atoms with Gasteiger partial charge in [0.15, 0.2) is 0 Å². The summed E-state index contributed by atoms with van der Waals surface area (Å²) in [5, 5.41) is 0. The van der Waals surface area contributed by atoms with Gasteiger partial charge >= 0.3 is 0 Å². The van der Waals surface area contributed by atoms with Gasteiger partial charge in [-0.05, 0) is 20.8 Å². The molecule has 0 saturated carbocycles. The van der Waals surface area contributed by atoms with Gasteiger partial charge in [0.25, 0.3) is 0 Å². The molecule has 0 N–H and O–H groups in total. The van der Waals surface area contributed by atoms with Gasteiger partial charge in [-0.3, -0.25) is 9.80 Å². The maximum absolute atomic E-state index is 6.05. The van der Waals surface area contributed by atoms with Crippen LogP contribution in [-0.2, 0) is 9.47 Å². The minimum atomic E-state index is 0.112. The Labute approximate surface area is 104 Å². The Balaban J connectivity index is 1.58. The standard InChI is InChI=1S/C13H24N2O2/c1-12(2,3)15-9-13(10-15)8-14(4-5-17-13)11-6-16-7-11/h11H,4-10H2,1-3H3. The first kappa shape index (κ1) is 11.9. The molecule has 3 aliphatic heterocycles. The molecule has 0 bridgehead atoms. The Hall–Kier alpha value is -0.160. The molecule has 0 radical (unpaired) electrons. The summed E-state index contributed by atoms with van der Waals surface area (Å²) in [6.45, 7) is 13.9. The number of ether oxygens (including phenoxy) is 2. The molecule has 17 heavy (non-hydrogen) atoms. The third kappa shape index (κ3) is 2.12. The van der Waals surface area contributed by atoms with Gasteiger partial charge in [0.2, 0.25) is 0 Å². The average Bonchev–Trinajstić information content (AvgIpc) is 2.10. The second kappa shape index (κ2) is 3.92. The van der Waals surface area contributed by atoms with E-state index in [1.807, 2.05) is 0 Å². The fourth-order valence-corrected chi connectivity index (χ4v) is 2.93. The van der Waals surface area contributed by atoms with Crippen molar-refractivity contribution in [3.8, 4) is 0 Å². The highest BCUT2D eigenvalue weighted by molar-refractivity contribution is 5.05. The Morgan fingerprint density at radius 1 is 1.12 bits per heavy atom. The Morgan fingerprint density at radius 2 is 1.82 bits per heavy atom. The largest absolute Gasteiger partial charge is 0.378 e. The fourth-order valence-electron chi connectivity index (χ4n) is 2.93. The minimum Gasteiger partial charge on any atom is -0.378 e. The van der Waals surface area contributed by atoms with Crippen LogP contribution < -0.4 is 0 Å². The zero-order chi connectivity index (χ0) is 12.1. The molecule has 0 amide bonds. The van der Waals surface area contributed by atoms with Crippen LogP contribution >= 0.6 is 0 Å². The van der Waals surface area contributed by atoms with E-state index in [2.05, 4.69) is 30.6 Å². The molecular formula is C13H24N2O2. The van der Waals surface area contributed by atoms with Crippen LogP contribution in [0, 0.1) is 0 Å². The molecule has 98 valence electrons. The third-order valence-corrected chi connectivity index (χ3v) is 4.32. The molecule has 0 aromatic rings. The molecule has 3 aliphatic rings. The van der Waals surface area contributed by atoms with Gasteiger partial charge in [-0.1, -0.05) is 0 Å². The number of nitrogens with zero attached hydrogens (tertiary/aromatic N) is 2. The molecule has 3 fully saturated rings. The summed E-state index contributed by atoms with van der Waals surface area (Å²) in [7, 11) is 0. The zero-order valence-corrected chi connectivity index (χ0v) is 11.2. The lowest BCUT2D eigenvalue weighted by Gasteiger charge is -2.59. The Morgan fingerprint density at radius 3 is 2.35 bits per heavy atom. The van der Waals surface area contributed by atoms with Gasteiger partial charge < -0.3 is 9.47 Å². The predicted molar refractivity (Wildman–Crippen MR) is 66.2 cm³/mol. The summed E-state index contributed by atoms with van der Waals surface area (Å²) < 4.78 is 11.3. The predicted octanol–water partition coefficient (Wildman–Crippen LogP) is 0.570. The van der Waals surface area contributed by atoms with Gasteiger partial charge in [-0.15, -0.1) is 0 Å². The molecule has 0 atom stereocenters. The number of hydrogen-bond donors (Lipinski definition) is 0. The van der Waals surface area contributed by atoms with E-state index in [9.17, 15) is 0 Å².